The summed E-state index contributed by atoms with van der Waals surface area (Å²) >= 11 is 1.44. The van der Waals surface area contributed by atoms with Gasteiger partial charge in [0.25, 0.3) is 0 Å². The molecule has 0 fully saturated rings. The number of thiazole rings is 1. The maximum absolute atomic E-state index is 11.6. The Morgan fingerprint density at radius 2 is 1.95 bits per heavy atom. The molecule has 1 rings (SSSR count). The van der Waals surface area contributed by atoms with Crippen LogP contribution in [-0.4, -0.2) is 47.5 Å². The van der Waals surface area contributed by atoms with Crippen molar-refractivity contribution in [3.63, 3.8) is 0 Å². The van der Waals surface area contributed by atoms with Crippen LogP contribution in [0, 0.1) is 0 Å². The van der Waals surface area contributed by atoms with Crippen molar-refractivity contribution in [1.29, 1.82) is 0 Å². The van der Waals surface area contributed by atoms with Crippen LogP contribution in [-0.2, 0) is 27.2 Å². The Bertz CT molecular complexity index is 489. The van der Waals surface area contributed by atoms with Crippen LogP contribution in [0.4, 0.5) is 0 Å². The molecular weight excluding hydrogens is 284 g/mol. The first-order valence-corrected chi connectivity index (χ1v) is 6.77. The fraction of sp³-hybridized carbons (Fsp3) is 0.455. The van der Waals surface area contributed by atoms with E-state index in [4.69, 9.17) is 10.8 Å². The Labute approximate surface area is 119 Å². The average molecular weight is 300 g/mol. The number of hydrogen-bond donors (Lipinski definition) is 4. The topological polar surface area (TPSA) is 134 Å². The molecule has 1 heterocycles. The standard InChI is InChI=1S/C11H16N4O4S/c12-2-1-10-15-7(6-20-10)3-8(16)13-4-9(17)14-5-11(18)19/h6H,1-5,12H2,(H,13,16)(H,14,17)(H,18,19). The summed E-state index contributed by atoms with van der Waals surface area (Å²) < 4.78 is 0. The van der Waals surface area contributed by atoms with E-state index in [1.807, 2.05) is 0 Å². The molecule has 1 aromatic heterocycles. The lowest BCUT2D eigenvalue weighted by Gasteiger charge is -2.04. The summed E-state index contributed by atoms with van der Waals surface area (Å²) in [5.74, 6) is -2.04. The lowest BCUT2D eigenvalue weighted by atomic mass is 10.3. The quantitative estimate of drug-likeness (QED) is 0.462. The van der Waals surface area contributed by atoms with Gasteiger partial charge in [0.05, 0.1) is 23.7 Å². The van der Waals surface area contributed by atoms with Gasteiger partial charge in [-0.2, -0.15) is 0 Å². The van der Waals surface area contributed by atoms with Crippen molar-refractivity contribution in [1.82, 2.24) is 15.6 Å². The van der Waals surface area contributed by atoms with Crippen molar-refractivity contribution < 1.29 is 19.5 Å². The highest BCUT2D eigenvalue weighted by molar-refractivity contribution is 7.09. The third kappa shape index (κ3) is 6.25. The van der Waals surface area contributed by atoms with Gasteiger partial charge in [0.15, 0.2) is 0 Å². The molecule has 1 aromatic rings. The van der Waals surface area contributed by atoms with Crippen molar-refractivity contribution in [3.05, 3.63) is 16.1 Å². The van der Waals surface area contributed by atoms with Crippen LogP contribution in [0.5, 0.6) is 0 Å². The molecule has 0 aliphatic heterocycles. The van der Waals surface area contributed by atoms with Gasteiger partial charge in [-0.05, 0) is 6.54 Å². The van der Waals surface area contributed by atoms with E-state index in [1.165, 1.54) is 11.3 Å². The number of nitrogens with two attached hydrogens (primary N) is 1. The number of carbonyl (C=O) groups excluding carboxylic acids is 2. The first-order chi connectivity index (χ1) is 9.51. The van der Waals surface area contributed by atoms with Crippen LogP contribution in [0.3, 0.4) is 0 Å². The molecule has 110 valence electrons. The predicted molar refractivity (Wildman–Crippen MR) is 72.2 cm³/mol. The molecule has 0 aliphatic carbocycles. The summed E-state index contributed by atoms with van der Waals surface area (Å²) in [6.45, 7) is -0.224. The number of aromatic nitrogens is 1. The summed E-state index contributed by atoms with van der Waals surface area (Å²) in [6, 6.07) is 0. The van der Waals surface area contributed by atoms with Crippen LogP contribution in [0.25, 0.3) is 0 Å². The van der Waals surface area contributed by atoms with Gasteiger partial charge in [0, 0.05) is 11.8 Å². The van der Waals surface area contributed by atoms with E-state index in [2.05, 4.69) is 15.6 Å². The van der Waals surface area contributed by atoms with Crippen molar-refractivity contribution >= 4 is 29.1 Å². The fourth-order valence-corrected chi connectivity index (χ4v) is 2.12. The number of hydrogen-bond acceptors (Lipinski definition) is 6. The number of nitrogens with one attached hydrogen (secondary N) is 2. The first-order valence-electron chi connectivity index (χ1n) is 5.89. The van der Waals surface area contributed by atoms with E-state index in [9.17, 15) is 14.4 Å². The molecule has 0 saturated heterocycles. The van der Waals surface area contributed by atoms with Gasteiger partial charge in [-0.15, -0.1) is 11.3 Å². The second kappa shape index (κ2) is 8.23. The number of aliphatic carboxylic acids is 1. The molecule has 0 atom stereocenters. The smallest absolute Gasteiger partial charge is 0.322 e. The molecular formula is C11H16N4O4S. The van der Waals surface area contributed by atoms with E-state index >= 15 is 0 Å². The summed E-state index contributed by atoms with van der Waals surface area (Å²) in [5.41, 5.74) is 6.03. The normalized spacial score (nSPS) is 10.1. The molecule has 0 aromatic carbocycles. The van der Waals surface area contributed by atoms with Gasteiger partial charge in [0.1, 0.15) is 6.54 Å². The fourth-order valence-electron chi connectivity index (χ4n) is 1.31. The number of carboxylic acids is 1. The molecule has 0 spiro atoms. The Morgan fingerprint density at radius 3 is 2.60 bits per heavy atom. The van der Waals surface area contributed by atoms with Gasteiger partial charge >= 0.3 is 5.97 Å². The summed E-state index contributed by atoms with van der Waals surface area (Å²) in [5, 5.41) is 15.5. The van der Waals surface area contributed by atoms with E-state index in [1.54, 1.807) is 5.38 Å². The molecule has 0 bridgehead atoms. The zero-order valence-electron chi connectivity index (χ0n) is 10.7. The van der Waals surface area contributed by atoms with Crippen LogP contribution < -0.4 is 16.4 Å². The molecule has 0 radical (unpaired) electrons. The van der Waals surface area contributed by atoms with Crippen LogP contribution in [0.1, 0.15) is 10.7 Å². The second-order valence-electron chi connectivity index (χ2n) is 3.90. The third-order valence-electron chi connectivity index (χ3n) is 2.18. The minimum absolute atomic E-state index is 0.0767. The molecule has 8 nitrogen and oxygen atoms in total. The number of carbonyl (C=O) groups is 3. The highest BCUT2D eigenvalue weighted by Gasteiger charge is 2.09. The van der Waals surface area contributed by atoms with Crippen molar-refractivity contribution in [3.8, 4) is 0 Å². The Hall–Kier alpha value is -2.00. The summed E-state index contributed by atoms with van der Waals surface area (Å²) in [4.78, 5) is 37.2. The number of nitrogens with zero attached hydrogens (tertiary/aromatic N) is 1. The monoisotopic (exact) mass is 300 g/mol. The molecule has 9 heteroatoms. The largest absolute Gasteiger partial charge is 0.480 e. The number of rotatable bonds is 8. The molecule has 2 amide bonds. The Morgan fingerprint density at radius 1 is 1.25 bits per heavy atom. The van der Waals surface area contributed by atoms with Crippen LogP contribution >= 0.6 is 11.3 Å². The van der Waals surface area contributed by atoms with Gasteiger partial charge in [-0.1, -0.05) is 0 Å². The van der Waals surface area contributed by atoms with Gasteiger partial charge in [0.2, 0.25) is 11.8 Å². The molecule has 5 N–H and O–H groups in total. The number of amides is 2. The first kappa shape index (κ1) is 16.1. The van der Waals surface area contributed by atoms with E-state index < -0.39 is 18.4 Å². The van der Waals surface area contributed by atoms with Crippen molar-refractivity contribution in [2.75, 3.05) is 19.6 Å². The zero-order chi connectivity index (χ0) is 15.0. The Kier molecular flexibility index (Phi) is 6.60. The Balaban J connectivity index is 2.28. The highest BCUT2D eigenvalue weighted by Crippen LogP contribution is 2.10. The van der Waals surface area contributed by atoms with Gasteiger partial charge in [-0.3, -0.25) is 14.4 Å². The summed E-state index contributed by atoms with van der Waals surface area (Å²) in [6.07, 6.45) is 0.747. The predicted octanol–water partition coefficient (Wildman–Crippen LogP) is -1.50. The van der Waals surface area contributed by atoms with Crippen molar-refractivity contribution in [2.45, 2.75) is 12.8 Å². The minimum Gasteiger partial charge on any atom is -0.480 e. The zero-order valence-corrected chi connectivity index (χ0v) is 11.5. The van der Waals surface area contributed by atoms with Gasteiger partial charge < -0.3 is 21.5 Å². The third-order valence-corrected chi connectivity index (χ3v) is 3.14. The van der Waals surface area contributed by atoms with E-state index in [0.29, 0.717) is 18.7 Å². The highest BCUT2D eigenvalue weighted by atomic mass is 32.1. The van der Waals surface area contributed by atoms with Crippen LogP contribution in [0.15, 0.2) is 5.38 Å². The van der Waals surface area contributed by atoms with Gasteiger partial charge in [-0.25, -0.2) is 4.98 Å². The molecule has 0 saturated carbocycles. The molecule has 20 heavy (non-hydrogen) atoms. The van der Waals surface area contributed by atoms with E-state index in [0.717, 1.165) is 5.01 Å². The number of carboxylic acid groups (broad SMARTS) is 1. The lowest BCUT2D eigenvalue weighted by Crippen LogP contribution is -2.39. The maximum atomic E-state index is 11.6. The maximum Gasteiger partial charge on any atom is 0.322 e. The molecule has 0 unspecified atom stereocenters. The SMILES string of the molecule is NCCc1nc(CC(=O)NCC(=O)NCC(=O)O)cs1. The summed E-state index contributed by atoms with van der Waals surface area (Å²) in [7, 11) is 0. The lowest BCUT2D eigenvalue weighted by molar-refractivity contribution is -0.137. The minimum atomic E-state index is -1.14. The molecule has 0 aliphatic rings. The van der Waals surface area contributed by atoms with Crippen molar-refractivity contribution in [2.24, 2.45) is 5.73 Å². The van der Waals surface area contributed by atoms with Crippen LogP contribution in [0.2, 0.25) is 0 Å². The second-order valence-corrected chi connectivity index (χ2v) is 4.84. The van der Waals surface area contributed by atoms with E-state index in [-0.39, 0.29) is 18.9 Å². The average Bonchev–Trinajstić information content (AvgIpc) is 2.81.